The van der Waals surface area contributed by atoms with E-state index in [4.69, 9.17) is 0 Å². The van der Waals surface area contributed by atoms with E-state index in [2.05, 4.69) is 26.8 Å². The average molecular weight is 180 g/mol. The SMILES string of the molecule is CC[C@H]1CC(=O)C(CC=C(C)C)C1. The van der Waals surface area contributed by atoms with Crippen molar-refractivity contribution < 1.29 is 4.79 Å². The first kappa shape index (κ1) is 10.5. The molecule has 0 heterocycles. The van der Waals surface area contributed by atoms with E-state index in [9.17, 15) is 4.79 Å². The number of hydrogen-bond donors (Lipinski definition) is 0. The number of carbonyl (C=O) groups is 1. The van der Waals surface area contributed by atoms with Gasteiger partial charge < -0.3 is 0 Å². The number of carbonyl (C=O) groups excluding carboxylic acids is 1. The van der Waals surface area contributed by atoms with Crippen LogP contribution in [0.1, 0.15) is 46.5 Å². The molecule has 0 aromatic heterocycles. The minimum absolute atomic E-state index is 0.333. The maximum Gasteiger partial charge on any atom is 0.136 e. The van der Waals surface area contributed by atoms with Crippen molar-refractivity contribution in [1.29, 1.82) is 0 Å². The molecule has 1 rings (SSSR count). The highest BCUT2D eigenvalue weighted by Crippen LogP contribution is 2.32. The van der Waals surface area contributed by atoms with E-state index in [1.54, 1.807) is 0 Å². The first-order chi connectivity index (χ1) is 6.13. The summed E-state index contributed by atoms with van der Waals surface area (Å²) in [6.07, 6.45) is 6.28. The molecule has 0 radical (unpaired) electrons. The molecular weight excluding hydrogens is 160 g/mol. The van der Waals surface area contributed by atoms with Gasteiger partial charge in [0, 0.05) is 12.3 Å². The standard InChI is InChI=1S/C12H20O/c1-4-10-7-11(12(13)8-10)6-5-9(2)3/h5,10-11H,4,6-8H2,1-3H3/t10-,11?/m1/s1. The van der Waals surface area contributed by atoms with Gasteiger partial charge in [-0.2, -0.15) is 0 Å². The summed E-state index contributed by atoms with van der Waals surface area (Å²) in [6.45, 7) is 6.37. The van der Waals surface area contributed by atoms with Gasteiger partial charge in [0.2, 0.25) is 0 Å². The fourth-order valence-corrected chi connectivity index (χ4v) is 1.98. The van der Waals surface area contributed by atoms with Crippen molar-refractivity contribution in [3.63, 3.8) is 0 Å². The monoisotopic (exact) mass is 180 g/mol. The largest absolute Gasteiger partial charge is 0.299 e. The van der Waals surface area contributed by atoms with Gasteiger partial charge in [0.1, 0.15) is 5.78 Å². The van der Waals surface area contributed by atoms with Crippen molar-refractivity contribution in [2.24, 2.45) is 11.8 Å². The van der Waals surface area contributed by atoms with Crippen molar-refractivity contribution in [3.8, 4) is 0 Å². The molecule has 1 aliphatic rings. The van der Waals surface area contributed by atoms with Gasteiger partial charge in [0.15, 0.2) is 0 Å². The Balaban J connectivity index is 2.44. The lowest BCUT2D eigenvalue weighted by Gasteiger charge is -2.05. The third kappa shape index (κ3) is 2.98. The van der Waals surface area contributed by atoms with Crippen LogP contribution in [0.2, 0.25) is 0 Å². The van der Waals surface area contributed by atoms with Crippen LogP contribution in [0.5, 0.6) is 0 Å². The summed E-state index contributed by atoms with van der Waals surface area (Å²) >= 11 is 0. The molecule has 1 unspecified atom stereocenters. The van der Waals surface area contributed by atoms with E-state index in [-0.39, 0.29) is 0 Å². The van der Waals surface area contributed by atoms with Crippen molar-refractivity contribution in [1.82, 2.24) is 0 Å². The Morgan fingerprint density at radius 2 is 2.23 bits per heavy atom. The highest BCUT2D eigenvalue weighted by molar-refractivity contribution is 5.83. The Morgan fingerprint density at radius 1 is 1.54 bits per heavy atom. The third-order valence-corrected chi connectivity index (χ3v) is 2.95. The van der Waals surface area contributed by atoms with Gasteiger partial charge in [-0.1, -0.05) is 25.0 Å². The van der Waals surface area contributed by atoms with Crippen molar-refractivity contribution in [2.75, 3.05) is 0 Å². The van der Waals surface area contributed by atoms with E-state index in [1.807, 2.05) is 0 Å². The Hall–Kier alpha value is -0.590. The molecule has 0 aliphatic heterocycles. The van der Waals surface area contributed by atoms with Gasteiger partial charge in [0.25, 0.3) is 0 Å². The van der Waals surface area contributed by atoms with Crippen molar-refractivity contribution in [3.05, 3.63) is 11.6 Å². The first-order valence-corrected chi connectivity index (χ1v) is 5.29. The zero-order valence-electron chi connectivity index (χ0n) is 8.97. The van der Waals surface area contributed by atoms with Crippen LogP contribution >= 0.6 is 0 Å². The molecule has 1 heteroatoms. The second-order valence-corrected chi connectivity index (χ2v) is 4.39. The number of hydrogen-bond acceptors (Lipinski definition) is 1. The van der Waals surface area contributed by atoms with E-state index >= 15 is 0 Å². The molecule has 0 aromatic carbocycles. The quantitative estimate of drug-likeness (QED) is 0.609. The molecule has 13 heavy (non-hydrogen) atoms. The summed E-state index contributed by atoms with van der Waals surface area (Å²) in [5.41, 5.74) is 1.33. The predicted molar refractivity (Wildman–Crippen MR) is 55.6 cm³/mol. The summed E-state index contributed by atoms with van der Waals surface area (Å²) in [7, 11) is 0. The van der Waals surface area contributed by atoms with Crippen LogP contribution < -0.4 is 0 Å². The highest BCUT2D eigenvalue weighted by atomic mass is 16.1. The summed E-state index contributed by atoms with van der Waals surface area (Å²) in [4.78, 5) is 11.5. The molecule has 1 aliphatic carbocycles. The molecule has 0 saturated heterocycles. The summed E-state index contributed by atoms with van der Waals surface area (Å²) in [5, 5.41) is 0. The molecule has 1 saturated carbocycles. The minimum atomic E-state index is 0.333. The van der Waals surface area contributed by atoms with Crippen LogP contribution in [-0.4, -0.2) is 5.78 Å². The Morgan fingerprint density at radius 3 is 2.69 bits per heavy atom. The normalized spacial score (nSPS) is 27.8. The van der Waals surface area contributed by atoms with Gasteiger partial charge >= 0.3 is 0 Å². The molecule has 0 bridgehead atoms. The van der Waals surface area contributed by atoms with E-state index in [0.717, 1.165) is 25.7 Å². The molecule has 0 N–H and O–H groups in total. The zero-order valence-corrected chi connectivity index (χ0v) is 8.97. The molecule has 1 nitrogen and oxygen atoms in total. The lowest BCUT2D eigenvalue weighted by molar-refractivity contribution is -0.120. The smallest absolute Gasteiger partial charge is 0.136 e. The second-order valence-electron chi connectivity index (χ2n) is 4.39. The zero-order chi connectivity index (χ0) is 9.84. The maximum absolute atomic E-state index is 11.5. The van der Waals surface area contributed by atoms with Gasteiger partial charge in [-0.3, -0.25) is 4.79 Å². The van der Waals surface area contributed by atoms with Crippen LogP contribution in [0.15, 0.2) is 11.6 Å². The minimum Gasteiger partial charge on any atom is -0.299 e. The lowest BCUT2D eigenvalue weighted by atomic mass is 9.99. The van der Waals surface area contributed by atoms with Crippen LogP contribution in [0.4, 0.5) is 0 Å². The number of Topliss-reactive ketones (excluding diaryl/α,β-unsaturated/α-hetero) is 1. The summed E-state index contributed by atoms with van der Waals surface area (Å²) < 4.78 is 0. The topological polar surface area (TPSA) is 17.1 Å². The Bertz CT molecular complexity index is 211. The summed E-state index contributed by atoms with van der Waals surface area (Å²) in [6, 6.07) is 0. The van der Waals surface area contributed by atoms with E-state index in [0.29, 0.717) is 17.6 Å². The van der Waals surface area contributed by atoms with E-state index < -0.39 is 0 Å². The molecule has 0 amide bonds. The van der Waals surface area contributed by atoms with Crippen molar-refractivity contribution >= 4 is 5.78 Å². The first-order valence-electron chi connectivity index (χ1n) is 5.29. The number of allylic oxidation sites excluding steroid dienone is 2. The van der Waals surface area contributed by atoms with Gasteiger partial charge in [-0.05, 0) is 32.6 Å². The molecule has 74 valence electrons. The number of ketones is 1. The molecule has 2 atom stereocenters. The maximum atomic E-state index is 11.5. The predicted octanol–water partition coefficient (Wildman–Crippen LogP) is 3.35. The Kier molecular flexibility index (Phi) is 3.71. The second kappa shape index (κ2) is 4.59. The molecular formula is C12H20O. The molecule has 1 fully saturated rings. The fourth-order valence-electron chi connectivity index (χ4n) is 1.98. The average Bonchev–Trinajstić information content (AvgIpc) is 2.43. The Labute approximate surface area is 81.2 Å². The van der Waals surface area contributed by atoms with Gasteiger partial charge in [0.05, 0.1) is 0 Å². The van der Waals surface area contributed by atoms with Gasteiger partial charge in [-0.25, -0.2) is 0 Å². The van der Waals surface area contributed by atoms with Crippen LogP contribution in [0.3, 0.4) is 0 Å². The van der Waals surface area contributed by atoms with E-state index in [1.165, 1.54) is 5.57 Å². The molecule has 0 spiro atoms. The van der Waals surface area contributed by atoms with Crippen LogP contribution in [0, 0.1) is 11.8 Å². The number of rotatable bonds is 3. The highest BCUT2D eigenvalue weighted by Gasteiger charge is 2.30. The third-order valence-electron chi connectivity index (χ3n) is 2.95. The van der Waals surface area contributed by atoms with Crippen LogP contribution in [0.25, 0.3) is 0 Å². The van der Waals surface area contributed by atoms with Gasteiger partial charge in [-0.15, -0.1) is 0 Å². The van der Waals surface area contributed by atoms with Crippen molar-refractivity contribution in [2.45, 2.75) is 46.5 Å². The molecule has 0 aromatic rings. The fraction of sp³-hybridized carbons (Fsp3) is 0.750. The summed E-state index contributed by atoms with van der Waals surface area (Å²) in [5.74, 6) is 1.49. The van der Waals surface area contributed by atoms with Crippen LogP contribution in [-0.2, 0) is 4.79 Å². The lowest BCUT2D eigenvalue weighted by Crippen LogP contribution is -2.04.